The third-order valence-electron chi connectivity index (χ3n) is 7.38. The number of nitrogens with zero attached hydrogens (tertiary/aromatic N) is 3. The summed E-state index contributed by atoms with van der Waals surface area (Å²) in [6, 6.07) is 19.4. The van der Waals surface area contributed by atoms with Crippen molar-refractivity contribution >= 4 is 22.6 Å². The van der Waals surface area contributed by atoms with Gasteiger partial charge in [0, 0.05) is 50.4 Å². The summed E-state index contributed by atoms with van der Waals surface area (Å²) in [6.07, 6.45) is 0.848. The molecule has 0 aliphatic carbocycles. The number of carbonyl (C=O) groups is 2. The lowest BCUT2D eigenvalue weighted by Crippen LogP contribution is -2.50. The van der Waals surface area contributed by atoms with Crippen LogP contribution in [0, 0.1) is 0 Å². The molecule has 6 rings (SSSR count). The molecule has 3 aliphatic rings. The van der Waals surface area contributed by atoms with E-state index in [1.165, 1.54) is 0 Å². The highest BCUT2D eigenvalue weighted by Gasteiger charge is 2.29. The fraction of sp³-hybridized carbons (Fsp3) is 0.379. The van der Waals surface area contributed by atoms with Crippen LogP contribution in [0.1, 0.15) is 27.1 Å². The van der Waals surface area contributed by atoms with Crippen LogP contribution in [0.5, 0.6) is 11.5 Å². The smallest absolute Gasteiger partial charge is 0.254 e. The van der Waals surface area contributed by atoms with Crippen molar-refractivity contribution in [3.8, 4) is 11.5 Å². The van der Waals surface area contributed by atoms with E-state index in [-0.39, 0.29) is 24.7 Å². The van der Waals surface area contributed by atoms with Crippen molar-refractivity contribution in [2.75, 3.05) is 59.2 Å². The van der Waals surface area contributed by atoms with Crippen LogP contribution < -0.4 is 9.47 Å². The average Bonchev–Trinajstić information content (AvgIpc) is 3.30. The van der Waals surface area contributed by atoms with Gasteiger partial charge in [-0.3, -0.25) is 14.5 Å². The number of morpholine rings is 1. The number of amides is 2. The summed E-state index contributed by atoms with van der Waals surface area (Å²) < 4.78 is 16.8. The SMILES string of the molecule is O=C(c1ccc2ccccc2c1)N1CCCN(C[C@H]2CN(C(=O)c3ccc4c(c3)OCO4)CCO2)CC1. The van der Waals surface area contributed by atoms with E-state index in [0.717, 1.165) is 48.9 Å². The predicted octanol–water partition coefficient (Wildman–Crippen LogP) is 3.26. The van der Waals surface area contributed by atoms with Crippen LogP contribution in [0.15, 0.2) is 60.7 Å². The molecule has 2 fully saturated rings. The van der Waals surface area contributed by atoms with Gasteiger partial charge in [0.2, 0.25) is 6.79 Å². The van der Waals surface area contributed by atoms with Crippen molar-refractivity contribution in [1.29, 1.82) is 0 Å². The molecule has 8 heteroatoms. The molecule has 0 saturated carbocycles. The van der Waals surface area contributed by atoms with Gasteiger partial charge in [0.05, 0.1) is 12.7 Å². The van der Waals surface area contributed by atoms with Gasteiger partial charge in [-0.25, -0.2) is 0 Å². The number of rotatable bonds is 4. The van der Waals surface area contributed by atoms with Crippen molar-refractivity contribution in [3.05, 3.63) is 71.8 Å². The highest BCUT2D eigenvalue weighted by molar-refractivity contribution is 5.98. The minimum absolute atomic E-state index is 0.0189. The fourth-order valence-electron chi connectivity index (χ4n) is 5.38. The summed E-state index contributed by atoms with van der Waals surface area (Å²) in [5.41, 5.74) is 1.34. The zero-order valence-electron chi connectivity index (χ0n) is 20.8. The summed E-state index contributed by atoms with van der Waals surface area (Å²) >= 11 is 0. The molecular weight excluding hydrogens is 470 g/mol. The average molecular weight is 502 g/mol. The maximum atomic E-state index is 13.2. The Hall–Kier alpha value is -3.62. The van der Waals surface area contributed by atoms with Crippen molar-refractivity contribution in [2.24, 2.45) is 0 Å². The second kappa shape index (κ2) is 10.4. The van der Waals surface area contributed by atoms with Crippen LogP contribution >= 0.6 is 0 Å². The van der Waals surface area contributed by atoms with Gasteiger partial charge in [-0.1, -0.05) is 30.3 Å². The van der Waals surface area contributed by atoms with Crippen molar-refractivity contribution in [3.63, 3.8) is 0 Å². The maximum absolute atomic E-state index is 13.2. The molecule has 0 bridgehead atoms. The molecule has 192 valence electrons. The quantitative estimate of drug-likeness (QED) is 0.547. The Morgan fingerprint density at radius 1 is 0.757 bits per heavy atom. The number of hydrogen-bond donors (Lipinski definition) is 0. The Kier molecular flexibility index (Phi) is 6.68. The summed E-state index contributed by atoms with van der Waals surface area (Å²) in [6.45, 7) is 5.66. The summed E-state index contributed by atoms with van der Waals surface area (Å²) in [7, 11) is 0. The molecule has 0 unspecified atom stereocenters. The Balaban J connectivity index is 1.04. The van der Waals surface area contributed by atoms with Gasteiger partial charge < -0.3 is 24.0 Å². The van der Waals surface area contributed by atoms with Gasteiger partial charge in [0.15, 0.2) is 11.5 Å². The molecule has 0 radical (unpaired) electrons. The van der Waals surface area contributed by atoms with E-state index in [9.17, 15) is 9.59 Å². The lowest BCUT2D eigenvalue weighted by Gasteiger charge is -2.35. The van der Waals surface area contributed by atoms with Gasteiger partial charge in [-0.15, -0.1) is 0 Å². The van der Waals surface area contributed by atoms with Gasteiger partial charge >= 0.3 is 0 Å². The van der Waals surface area contributed by atoms with Crippen LogP contribution in [0.4, 0.5) is 0 Å². The summed E-state index contributed by atoms with van der Waals surface area (Å²) in [5.74, 6) is 1.35. The van der Waals surface area contributed by atoms with E-state index >= 15 is 0 Å². The second-order valence-corrected chi connectivity index (χ2v) is 9.82. The third kappa shape index (κ3) is 5.12. The van der Waals surface area contributed by atoms with E-state index < -0.39 is 0 Å². The number of benzene rings is 3. The summed E-state index contributed by atoms with van der Waals surface area (Å²) in [5, 5.41) is 2.22. The zero-order chi connectivity index (χ0) is 25.2. The van der Waals surface area contributed by atoms with Crippen LogP contribution in [0.2, 0.25) is 0 Å². The van der Waals surface area contributed by atoms with Crippen molar-refractivity contribution in [1.82, 2.24) is 14.7 Å². The molecule has 3 aromatic rings. The van der Waals surface area contributed by atoms with Gasteiger partial charge in [-0.05, 0) is 54.1 Å². The molecule has 8 nitrogen and oxygen atoms in total. The first-order valence-electron chi connectivity index (χ1n) is 12.9. The predicted molar refractivity (Wildman–Crippen MR) is 139 cm³/mol. The van der Waals surface area contributed by atoms with E-state index in [0.29, 0.717) is 43.3 Å². The molecule has 2 amide bonds. The Morgan fingerprint density at radius 2 is 1.54 bits per heavy atom. The number of fused-ring (bicyclic) bond motifs is 2. The molecule has 0 spiro atoms. The van der Waals surface area contributed by atoms with Crippen LogP contribution in [-0.2, 0) is 4.74 Å². The lowest BCUT2D eigenvalue weighted by atomic mass is 10.1. The molecule has 3 aliphatic heterocycles. The molecule has 2 saturated heterocycles. The molecule has 1 atom stereocenters. The Labute approximate surface area is 216 Å². The molecule has 37 heavy (non-hydrogen) atoms. The first-order valence-corrected chi connectivity index (χ1v) is 12.9. The van der Waals surface area contributed by atoms with Gasteiger partial charge in [0.1, 0.15) is 0 Å². The highest BCUT2D eigenvalue weighted by atomic mass is 16.7. The summed E-state index contributed by atoms with van der Waals surface area (Å²) in [4.78, 5) is 32.6. The number of carbonyl (C=O) groups excluding carboxylic acids is 2. The highest BCUT2D eigenvalue weighted by Crippen LogP contribution is 2.33. The molecular formula is C29H31N3O5. The molecule has 0 aromatic heterocycles. The minimum Gasteiger partial charge on any atom is -0.454 e. The van der Waals surface area contributed by atoms with Crippen molar-refractivity contribution < 1.29 is 23.8 Å². The zero-order valence-corrected chi connectivity index (χ0v) is 20.8. The van der Waals surface area contributed by atoms with Crippen LogP contribution in [0.25, 0.3) is 10.8 Å². The number of hydrogen-bond acceptors (Lipinski definition) is 6. The lowest BCUT2D eigenvalue weighted by molar-refractivity contribution is -0.0353. The topological polar surface area (TPSA) is 71.6 Å². The van der Waals surface area contributed by atoms with Crippen LogP contribution in [-0.4, -0.2) is 91.8 Å². The maximum Gasteiger partial charge on any atom is 0.254 e. The van der Waals surface area contributed by atoms with Gasteiger partial charge in [0.25, 0.3) is 11.8 Å². The van der Waals surface area contributed by atoms with Gasteiger partial charge in [-0.2, -0.15) is 0 Å². The first kappa shape index (κ1) is 23.8. The normalized spacial score (nSPS) is 20.2. The van der Waals surface area contributed by atoms with E-state index in [4.69, 9.17) is 14.2 Å². The third-order valence-corrected chi connectivity index (χ3v) is 7.38. The first-order chi connectivity index (χ1) is 18.1. The molecule has 3 heterocycles. The second-order valence-electron chi connectivity index (χ2n) is 9.82. The minimum atomic E-state index is -0.0607. The monoisotopic (exact) mass is 501 g/mol. The number of ether oxygens (including phenoxy) is 3. The molecule has 3 aromatic carbocycles. The Morgan fingerprint density at radius 3 is 2.46 bits per heavy atom. The van der Waals surface area contributed by atoms with E-state index in [2.05, 4.69) is 11.0 Å². The van der Waals surface area contributed by atoms with E-state index in [1.54, 1.807) is 18.2 Å². The van der Waals surface area contributed by atoms with Crippen molar-refractivity contribution in [2.45, 2.75) is 12.5 Å². The van der Waals surface area contributed by atoms with Crippen LogP contribution in [0.3, 0.4) is 0 Å². The Bertz CT molecular complexity index is 1310. The largest absolute Gasteiger partial charge is 0.454 e. The fourth-order valence-corrected chi connectivity index (χ4v) is 5.38. The standard InChI is InChI=1S/C29H31N3O5/c33-28(23-7-6-21-4-1-2-5-22(21)16-23)31-11-3-10-30(12-13-31)18-25-19-32(14-15-35-25)29(34)24-8-9-26-27(17-24)37-20-36-26/h1-2,4-9,16-17,25H,3,10-15,18-20H2/t25-/m0/s1. The van der Waals surface area contributed by atoms with E-state index in [1.807, 2.05) is 46.2 Å². The molecule has 0 N–H and O–H groups in total.